The van der Waals surface area contributed by atoms with Gasteiger partial charge in [-0.1, -0.05) is 19.1 Å². The normalized spacial score (nSPS) is 24.2. The van der Waals surface area contributed by atoms with E-state index in [-0.39, 0.29) is 23.5 Å². The Morgan fingerprint density at radius 2 is 2.40 bits per heavy atom. The molecule has 1 aromatic heterocycles. The molecule has 7 nitrogen and oxygen atoms in total. The number of ether oxygens (including phenoxy) is 1. The Bertz CT molecular complexity index is 471. The van der Waals surface area contributed by atoms with Gasteiger partial charge in [0.05, 0.1) is 18.8 Å². The van der Waals surface area contributed by atoms with E-state index in [0.29, 0.717) is 25.4 Å². The Kier molecular flexibility index (Phi) is 4.39. The summed E-state index contributed by atoms with van der Waals surface area (Å²) in [7, 11) is 0. The lowest BCUT2D eigenvalue weighted by Crippen LogP contribution is -2.62. The minimum Gasteiger partial charge on any atom is -0.378 e. The van der Waals surface area contributed by atoms with Gasteiger partial charge in [0.15, 0.2) is 5.69 Å². The van der Waals surface area contributed by atoms with Crippen LogP contribution >= 0.6 is 0 Å². The predicted octanol–water partition coefficient (Wildman–Crippen LogP) is 0.170. The second-order valence-corrected chi connectivity index (χ2v) is 5.68. The molecule has 0 saturated heterocycles. The molecule has 7 heteroatoms. The summed E-state index contributed by atoms with van der Waals surface area (Å²) in [5, 5.41) is 10.7. The highest BCUT2D eigenvalue weighted by atomic mass is 16.5. The van der Waals surface area contributed by atoms with Crippen molar-refractivity contribution in [3.05, 3.63) is 11.9 Å². The van der Waals surface area contributed by atoms with E-state index in [1.54, 1.807) is 10.9 Å². The largest absolute Gasteiger partial charge is 0.378 e. The number of carbonyl (C=O) groups excluding carboxylic acids is 1. The minimum absolute atomic E-state index is 0.0566. The smallest absolute Gasteiger partial charge is 0.273 e. The first kappa shape index (κ1) is 14.9. The van der Waals surface area contributed by atoms with Crippen LogP contribution in [0.2, 0.25) is 0 Å². The number of hydrogen-bond acceptors (Lipinski definition) is 5. The van der Waals surface area contributed by atoms with E-state index in [0.717, 1.165) is 6.42 Å². The molecule has 1 saturated carbocycles. The molecule has 2 rings (SSSR count). The fourth-order valence-corrected chi connectivity index (χ4v) is 2.49. The number of nitrogens with zero attached hydrogens (tertiary/aromatic N) is 3. The van der Waals surface area contributed by atoms with E-state index in [4.69, 9.17) is 10.5 Å². The zero-order chi connectivity index (χ0) is 14.8. The number of hydrogen-bond donors (Lipinski definition) is 2. The summed E-state index contributed by atoms with van der Waals surface area (Å²) in [5.41, 5.74) is 5.70. The van der Waals surface area contributed by atoms with Gasteiger partial charge in [-0.15, -0.1) is 5.10 Å². The number of nitrogens with one attached hydrogen (secondary N) is 1. The van der Waals surface area contributed by atoms with Gasteiger partial charge in [0.25, 0.3) is 5.91 Å². The van der Waals surface area contributed by atoms with Crippen LogP contribution in [0.25, 0.3) is 0 Å². The van der Waals surface area contributed by atoms with Crippen molar-refractivity contribution >= 4 is 5.91 Å². The summed E-state index contributed by atoms with van der Waals surface area (Å²) in [6.45, 7) is 7.91. The summed E-state index contributed by atoms with van der Waals surface area (Å²) in [5.74, 6) is -0.193. The topological polar surface area (TPSA) is 95.1 Å². The molecule has 1 amide bonds. The van der Waals surface area contributed by atoms with Crippen LogP contribution in [-0.2, 0) is 11.3 Å². The van der Waals surface area contributed by atoms with Crippen molar-refractivity contribution in [2.45, 2.75) is 45.9 Å². The third kappa shape index (κ3) is 2.83. The zero-order valence-corrected chi connectivity index (χ0v) is 12.3. The van der Waals surface area contributed by atoms with Gasteiger partial charge in [-0.05, 0) is 13.3 Å². The van der Waals surface area contributed by atoms with Crippen molar-refractivity contribution < 1.29 is 9.53 Å². The molecular formula is C13H23N5O2. The van der Waals surface area contributed by atoms with Gasteiger partial charge in [-0.2, -0.15) is 0 Å². The maximum Gasteiger partial charge on any atom is 0.273 e. The zero-order valence-electron chi connectivity index (χ0n) is 12.3. The van der Waals surface area contributed by atoms with Gasteiger partial charge in [0, 0.05) is 24.6 Å². The highest BCUT2D eigenvalue weighted by Gasteiger charge is 2.49. The van der Waals surface area contributed by atoms with Crippen LogP contribution in [0.5, 0.6) is 0 Å². The molecule has 20 heavy (non-hydrogen) atoms. The van der Waals surface area contributed by atoms with Crippen molar-refractivity contribution in [1.82, 2.24) is 20.3 Å². The predicted molar refractivity (Wildman–Crippen MR) is 74.1 cm³/mol. The summed E-state index contributed by atoms with van der Waals surface area (Å²) < 4.78 is 7.22. The van der Waals surface area contributed by atoms with E-state index in [2.05, 4.69) is 29.5 Å². The molecule has 0 bridgehead atoms. The maximum absolute atomic E-state index is 12.1. The summed E-state index contributed by atoms with van der Waals surface area (Å²) in [6.07, 6.45) is 2.66. The van der Waals surface area contributed by atoms with Crippen LogP contribution in [0.3, 0.4) is 0 Å². The molecule has 0 aliphatic heterocycles. The van der Waals surface area contributed by atoms with E-state index in [1.807, 2.05) is 6.92 Å². The van der Waals surface area contributed by atoms with Gasteiger partial charge in [0.2, 0.25) is 0 Å². The Labute approximate surface area is 118 Å². The molecule has 112 valence electrons. The van der Waals surface area contributed by atoms with Crippen molar-refractivity contribution in [1.29, 1.82) is 0 Å². The molecule has 0 aromatic carbocycles. The molecule has 1 fully saturated rings. The number of carbonyl (C=O) groups is 1. The summed E-state index contributed by atoms with van der Waals surface area (Å²) in [6, 6.07) is 0.103. The highest BCUT2D eigenvalue weighted by Crippen LogP contribution is 2.42. The van der Waals surface area contributed by atoms with Gasteiger partial charge in [0.1, 0.15) is 0 Å². The third-order valence-electron chi connectivity index (χ3n) is 3.98. The molecule has 1 heterocycles. The summed E-state index contributed by atoms with van der Waals surface area (Å²) >= 11 is 0. The molecule has 0 spiro atoms. The maximum atomic E-state index is 12.1. The molecule has 1 aliphatic rings. The standard InChI is InChI=1S/C13H23N5O2/c1-4-20-11-7-10(13(11,2)3)15-12(19)9-8-18(6-5-14)17-16-9/h8,10-11H,4-7,14H2,1-3H3,(H,15,19). The van der Waals surface area contributed by atoms with Gasteiger partial charge in [-0.25, -0.2) is 0 Å². The summed E-state index contributed by atoms with van der Waals surface area (Å²) in [4.78, 5) is 12.1. The number of nitrogens with two attached hydrogens (primary N) is 1. The van der Waals surface area contributed by atoms with Crippen molar-refractivity contribution in [3.8, 4) is 0 Å². The van der Waals surface area contributed by atoms with E-state index >= 15 is 0 Å². The number of amides is 1. The Balaban J connectivity index is 1.92. The number of rotatable bonds is 6. The monoisotopic (exact) mass is 281 g/mol. The lowest BCUT2D eigenvalue weighted by Gasteiger charge is -2.51. The van der Waals surface area contributed by atoms with Crippen LogP contribution in [0.4, 0.5) is 0 Å². The second-order valence-electron chi connectivity index (χ2n) is 5.68. The number of aromatic nitrogens is 3. The SMILES string of the molecule is CCOC1CC(NC(=O)c2cn(CCN)nn2)C1(C)C. The minimum atomic E-state index is -0.193. The average Bonchev–Trinajstić information content (AvgIpc) is 2.86. The van der Waals surface area contributed by atoms with Crippen molar-refractivity contribution in [2.75, 3.05) is 13.2 Å². The molecule has 2 atom stereocenters. The Morgan fingerprint density at radius 1 is 1.65 bits per heavy atom. The van der Waals surface area contributed by atoms with Crippen LogP contribution in [0, 0.1) is 5.41 Å². The molecule has 1 aromatic rings. The highest BCUT2D eigenvalue weighted by molar-refractivity contribution is 5.92. The molecule has 0 radical (unpaired) electrons. The first-order valence-corrected chi connectivity index (χ1v) is 7.01. The van der Waals surface area contributed by atoms with Crippen LogP contribution in [0.1, 0.15) is 37.7 Å². The Hall–Kier alpha value is -1.47. The average molecular weight is 281 g/mol. The first-order valence-electron chi connectivity index (χ1n) is 7.01. The van der Waals surface area contributed by atoms with E-state index in [1.165, 1.54) is 0 Å². The fourth-order valence-electron chi connectivity index (χ4n) is 2.49. The van der Waals surface area contributed by atoms with Crippen molar-refractivity contribution in [3.63, 3.8) is 0 Å². The van der Waals surface area contributed by atoms with Gasteiger partial charge in [-0.3, -0.25) is 9.48 Å². The third-order valence-corrected chi connectivity index (χ3v) is 3.98. The quantitative estimate of drug-likeness (QED) is 0.775. The van der Waals surface area contributed by atoms with E-state index in [9.17, 15) is 4.79 Å². The van der Waals surface area contributed by atoms with Crippen LogP contribution < -0.4 is 11.1 Å². The lowest BCUT2D eigenvalue weighted by atomic mass is 9.64. The van der Waals surface area contributed by atoms with E-state index < -0.39 is 0 Å². The molecule has 3 N–H and O–H groups in total. The molecule has 2 unspecified atom stereocenters. The first-order chi connectivity index (χ1) is 9.48. The molecular weight excluding hydrogens is 258 g/mol. The Morgan fingerprint density at radius 3 is 3.00 bits per heavy atom. The van der Waals surface area contributed by atoms with Crippen LogP contribution in [-0.4, -0.2) is 46.2 Å². The molecule has 1 aliphatic carbocycles. The van der Waals surface area contributed by atoms with Crippen LogP contribution in [0.15, 0.2) is 6.20 Å². The van der Waals surface area contributed by atoms with Crippen molar-refractivity contribution in [2.24, 2.45) is 11.1 Å². The fraction of sp³-hybridized carbons (Fsp3) is 0.769. The van der Waals surface area contributed by atoms with Gasteiger partial charge < -0.3 is 15.8 Å². The second kappa shape index (κ2) is 5.88. The van der Waals surface area contributed by atoms with Gasteiger partial charge >= 0.3 is 0 Å². The lowest BCUT2D eigenvalue weighted by molar-refractivity contribution is -0.111.